The fraction of sp³-hybridized carbons (Fsp3) is 0.867. The molecule has 0 aliphatic carbocycles. The molecule has 0 aromatic rings. The first-order valence-electron chi connectivity index (χ1n) is 7.40. The highest BCUT2D eigenvalue weighted by molar-refractivity contribution is 5.77. The van der Waals surface area contributed by atoms with E-state index in [2.05, 4.69) is 6.92 Å². The number of rotatable bonds is 6. The van der Waals surface area contributed by atoms with Crippen LogP contribution in [-0.4, -0.2) is 35.0 Å². The molecule has 19 heavy (non-hydrogen) atoms. The molecule has 4 nitrogen and oxygen atoms in total. The fourth-order valence-corrected chi connectivity index (χ4v) is 2.62. The number of hydrogen-bond acceptors (Lipinski definition) is 2. The van der Waals surface area contributed by atoms with Gasteiger partial charge in [-0.25, -0.2) is 0 Å². The summed E-state index contributed by atoms with van der Waals surface area (Å²) in [4.78, 5) is 25.1. The molecule has 0 bridgehead atoms. The lowest BCUT2D eigenvalue weighted by atomic mass is 9.92. The third-order valence-electron chi connectivity index (χ3n) is 3.95. The van der Waals surface area contributed by atoms with Gasteiger partial charge in [-0.3, -0.25) is 9.59 Å². The maximum Gasteiger partial charge on any atom is 0.306 e. The normalized spacial score (nSPS) is 18.6. The van der Waals surface area contributed by atoms with Crippen molar-refractivity contribution >= 4 is 11.9 Å². The Morgan fingerprint density at radius 2 is 1.84 bits per heavy atom. The lowest BCUT2D eigenvalue weighted by Crippen LogP contribution is -2.38. The van der Waals surface area contributed by atoms with E-state index in [1.165, 1.54) is 0 Å². The van der Waals surface area contributed by atoms with Crippen molar-refractivity contribution in [3.05, 3.63) is 0 Å². The van der Waals surface area contributed by atoms with Crippen LogP contribution in [0.5, 0.6) is 0 Å². The second-order valence-corrected chi connectivity index (χ2v) is 6.27. The van der Waals surface area contributed by atoms with Crippen LogP contribution in [0.1, 0.15) is 52.9 Å². The summed E-state index contributed by atoms with van der Waals surface area (Å²) < 4.78 is 0. The van der Waals surface area contributed by atoms with Gasteiger partial charge < -0.3 is 10.0 Å². The quantitative estimate of drug-likeness (QED) is 0.806. The van der Waals surface area contributed by atoms with Crippen LogP contribution in [0, 0.1) is 17.8 Å². The van der Waals surface area contributed by atoms with Crippen LogP contribution in [0.25, 0.3) is 0 Å². The number of carboxylic acids is 1. The molecule has 1 rings (SSSR count). The molecular formula is C15H27NO3. The predicted molar refractivity (Wildman–Crippen MR) is 74.8 cm³/mol. The molecule has 0 radical (unpaired) electrons. The third kappa shape index (κ3) is 5.62. The van der Waals surface area contributed by atoms with Crippen LogP contribution in [0.4, 0.5) is 0 Å². The Morgan fingerprint density at radius 3 is 2.32 bits per heavy atom. The molecule has 1 aliphatic heterocycles. The first-order valence-corrected chi connectivity index (χ1v) is 7.40. The second kappa shape index (κ2) is 7.51. The minimum Gasteiger partial charge on any atom is -0.481 e. The van der Waals surface area contributed by atoms with E-state index in [0.29, 0.717) is 31.1 Å². The molecule has 1 fully saturated rings. The highest BCUT2D eigenvalue weighted by Crippen LogP contribution is 2.20. The van der Waals surface area contributed by atoms with E-state index in [0.717, 1.165) is 25.9 Å². The SMILES string of the molecule is CC(C)CC(CCC(=O)N1CCC(C)CC1)C(=O)O. The lowest BCUT2D eigenvalue weighted by molar-refractivity contribution is -0.143. The summed E-state index contributed by atoms with van der Waals surface area (Å²) in [5, 5.41) is 9.16. The second-order valence-electron chi connectivity index (χ2n) is 6.27. The lowest BCUT2D eigenvalue weighted by Gasteiger charge is -2.30. The van der Waals surface area contributed by atoms with Crippen molar-refractivity contribution in [3.63, 3.8) is 0 Å². The topological polar surface area (TPSA) is 57.6 Å². The van der Waals surface area contributed by atoms with Crippen molar-refractivity contribution in [1.29, 1.82) is 0 Å². The summed E-state index contributed by atoms with van der Waals surface area (Å²) in [6.07, 6.45) is 3.64. The van der Waals surface area contributed by atoms with E-state index in [-0.39, 0.29) is 11.8 Å². The van der Waals surface area contributed by atoms with Crippen molar-refractivity contribution in [2.45, 2.75) is 52.9 Å². The number of amides is 1. The zero-order valence-electron chi connectivity index (χ0n) is 12.4. The molecule has 1 aliphatic rings. The van der Waals surface area contributed by atoms with Gasteiger partial charge in [0.2, 0.25) is 5.91 Å². The molecule has 1 saturated heterocycles. The van der Waals surface area contributed by atoms with Gasteiger partial charge in [-0.1, -0.05) is 20.8 Å². The van der Waals surface area contributed by atoms with Crippen LogP contribution in [-0.2, 0) is 9.59 Å². The predicted octanol–water partition coefficient (Wildman–Crippen LogP) is 2.77. The summed E-state index contributed by atoms with van der Waals surface area (Å²) in [5.74, 6) is 0.0344. The number of carbonyl (C=O) groups excluding carboxylic acids is 1. The molecule has 0 aromatic carbocycles. The van der Waals surface area contributed by atoms with Gasteiger partial charge in [-0.2, -0.15) is 0 Å². The van der Waals surface area contributed by atoms with Gasteiger partial charge in [0.15, 0.2) is 0 Å². The average Bonchev–Trinajstić information content (AvgIpc) is 2.34. The number of aliphatic carboxylic acids is 1. The summed E-state index contributed by atoms with van der Waals surface area (Å²) in [7, 11) is 0. The van der Waals surface area contributed by atoms with Gasteiger partial charge in [0, 0.05) is 19.5 Å². The average molecular weight is 269 g/mol. The Morgan fingerprint density at radius 1 is 1.26 bits per heavy atom. The fourth-order valence-electron chi connectivity index (χ4n) is 2.62. The Labute approximate surface area is 116 Å². The zero-order valence-corrected chi connectivity index (χ0v) is 12.4. The monoisotopic (exact) mass is 269 g/mol. The molecule has 0 saturated carbocycles. The minimum atomic E-state index is -0.770. The Hall–Kier alpha value is -1.06. The largest absolute Gasteiger partial charge is 0.481 e. The van der Waals surface area contributed by atoms with Gasteiger partial charge in [0.25, 0.3) is 0 Å². The third-order valence-corrected chi connectivity index (χ3v) is 3.95. The Balaban J connectivity index is 2.37. The van der Waals surface area contributed by atoms with E-state index < -0.39 is 5.97 Å². The molecule has 4 heteroatoms. The van der Waals surface area contributed by atoms with Gasteiger partial charge in [-0.15, -0.1) is 0 Å². The van der Waals surface area contributed by atoms with Crippen molar-refractivity contribution < 1.29 is 14.7 Å². The van der Waals surface area contributed by atoms with E-state index in [4.69, 9.17) is 5.11 Å². The van der Waals surface area contributed by atoms with E-state index in [1.807, 2.05) is 18.7 Å². The summed E-state index contributed by atoms with van der Waals surface area (Å²) in [6, 6.07) is 0. The van der Waals surface area contributed by atoms with Gasteiger partial charge in [0.1, 0.15) is 0 Å². The smallest absolute Gasteiger partial charge is 0.306 e. The number of likely N-dealkylation sites (tertiary alicyclic amines) is 1. The van der Waals surface area contributed by atoms with E-state index >= 15 is 0 Å². The summed E-state index contributed by atoms with van der Waals surface area (Å²) in [5.41, 5.74) is 0. The number of piperidine rings is 1. The molecule has 1 amide bonds. The van der Waals surface area contributed by atoms with E-state index in [9.17, 15) is 9.59 Å². The first-order chi connectivity index (χ1) is 8.90. The van der Waals surface area contributed by atoms with Crippen molar-refractivity contribution in [1.82, 2.24) is 4.90 Å². The standard InChI is InChI=1S/C15H27NO3/c1-11(2)10-13(15(18)19)4-5-14(17)16-8-6-12(3)7-9-16/h11-13H,4-10H2,1-3H3,(H,18,19). The van der Waals surface area contributed by atoms with Crippen molar-refractivity contribution in [3.8, 4) is 0 Å². The summed E-state index contributed by atoms with van der Waals surface area (Å²) in [6.45, 7) is 7.92. The van der Waals surface area contributed by atoms with Crippen LogP contribution in [0.15, 0.2) is 0 Å². The molecule has 0 spiro atoms. The van der Waals surface area contributed by atoms with Crippen LogP contribution >= 0.6 is 0 Å². The van der Waals surface area contributed by atoms with Gasteiger partial charge in [0.05, 0.1) is 5.92 Å². The van der Waals surface area contributed by atoms with Crippen LogP contribution in [0.3, 0.4) is 0 Å². The first kappa shape index (κ1) is 16.0. The number of nitrogens with zero attached hydrogens (tertiary/aromatic N) is 1. The maximum absolute atomic E-state index is 12.1. The van der Waals surface area contributed by atoms with Crippen molar-refractivity contribution in [2.24, 2.45) is 17.8 Å². The summed E-state index contributed by atoms with van der Waals surface area (Å²) >= 11 is 0. The Bertz CT molecular complexity index is 307. The number of carbonyl (C=O) groups is 2. The molecule has 1 atom stereocenters. The highest BCUT2D eigenvalue weighted by Gasteiger charge is 2.24. The zero-order chi connectivity index (χ0) is 14.4. The maximum atomic E-state index is 12.1. The molecular weight excluding hydrogens is 242 g/mol. The minimum absolute atomic E-state index is 0.127. The Kier molecular flexibility index (Phi) is 6.32. The molecule has 110 valence electrons. The van der Waals surface area contributed by atoms with Crippen molar-refractivity contribution in [2.75, 3.05) is 13.1 Å². The van der Waals surface area contributed by atoms with Gasteiger partial charge >= 0.3 is 5.97 Å². The molecule has 0 aromatic heterocycles. The number of carboxylic acid groups (broad SMARTS) is 1. The highest BCUT2D eigenvalue weighted by atomic mass is 16.4. The number of hydrogen-bond donors (Lipinski definition) is 1. The van der Waals surface area contributed by atoms with Crippen LogP contribution in [0.2, 0.25) is 0 Å². The van der Waals surface area contributed by atoms with Gasteiger partial charge in [-0.05, 0) is 37.5 Å². The van der Waals surface area contributed by atoms with E-state index in [1.54, 1.807) is 0 Å². The molecule has 1 N–H and O–H groups in total. The molecule has 1 heterocycles. The van der Waals surface area contributed by atoms with Crippen LogP contribution < -0.4 is 0 Å². The molecule has 1 unspecified atom stereocenters.